The largest absolute Gasteiger partial charge is 0.292 e. The molecule has 0 fully saturated rings. The summed E-state index contributed by atoms with van der Waals surface area (Å²) in [6.07, 6.45) is 3.29. The molecule has 3 heteroatoms. The molecule has 4 aromatic rings. The van der Waals surface area contributed by atoms with Crippen LogP contribution in [0.25, 0.3) is 11.4 Å². The van der Waals surface area contributed by atoms with E-state index >= 15 is 0 Å². The van der Waals surface area contributed by atoms with Gasteiger partial charge in [-0.2, -0.15) is 0 Å². The average Bonchev–Trinajstić information content (AvgIpc) is 2.77. The lowest BCUT2D eigenvalue weighted by molar-refractivity contribution is 0.658. The first-order valence-electron chi connectivity index (χ1n) is 9.95. The van der Waals surface area contributed by atoms with Crippen LogP contribution in [-0.2, 0) is 19.4 Å². The zero-order chi connectivity index (χ0) is 20.1. The summed E-state index contributed by atoms with van der Waals surface area (Å²) in [6.45, 7) is 2.43. The lowest BCUT2D eigenvalue weighted by Crippen LogP contribution is -2.26. The molecule has 0 bridgehead atoms. The second-order valence-corrected chi connectivity index (χ2v) is 7.28. The van der Waals surface area contributed by atoms with E-state index in [9.17, 15) is 4.79 Å². The summed E-state index contributed by atoms with van der Waals surface area (Å²) in [5, 5.41) is 0. The van der Waals surface area contributed by atoms with E-state index in [0.717, 1.165) is 24.2 Å². The van der Waals surface area contributed by atoms with Crippen LogP contribution in [0.5, 0.6) is 0 Å². The van der Waals surface area contributed by atoms with Crippen LogP contribution in [-0.4, -0.2) is 9.55 Å². The van der Waals surface area contributed by atoms with Crippen molar-refractivity contribution >= 4 is 0 Å². The third-order valence-electron chi connectivity index (χ3n) is 5.18. The molecule has 0 N–H and O–H groups in total. The van der Waals surface area contributed by atoms with E-state index in [1.165, 1.54) is 16.7 Å². The van der Waals surface area contributed by atoms with Gasteiger partial charge in [0, 0.05) is 23.9 Å². The minimum Gasteiger partial charge on any atom is -0.292 e. The van der Waals surface area contributed by atoms with Crippen molar-refractivity contribution in [1.29, 1.82) is 0 Å². The second-order valence-electron chi connectivity index (χ2n) is 7.28. The first-order valence-corrected chi connectivity index (χ1v) is 9.95. The highest BCUT2D eigenvalue weighted by Gasteiger charge is 2.14. The summed E-state index contributed by atoms with van der Waals surface area (Å²) in [5.74, 6) is 0.739. The summed E-state index contributed by atoms with van der Waals surface area (Å²) in [5.41, 5.74) is 5.34. The molecule has 0 amide bonds. The predicted molar refractivity (Wildman–Crippen MR) is 118 cm³/mol. The van der Waals surface area contributed by atoms with Crippen molar-refractivity contribution in [2.24, 2.45) is 0 Å². The van der Waals surface area contributed by atoms with Crippen LogP contribution in [0.3, 0.4) is 0 Å². The Morgan fingerprint density at radius 3 is 2.14 bits per heavy atom. The van der Waals surface area contributed by atoms with Gasteiger partial charge in [-0.05, 0) is 36.5 Å². The maximum absolute atomic E-state index is 13.0. The molecule has 0 unspecified atom stereocenters. The SMILES string of the molecule is Cc1cnc(-c2ccccc2Cc2ccccc2)n(CCc2ccccc2)c1=O. The highest BCUT2D eigenvalue weighted by molar-refractivity contribution is 5.61. The van der Waals surface area contributed by atoms with Gasteiger partial charge in [0.05, 0.1) is 0 Å². The monoisotopic (exact) mass is 380 g/mol. The topological polar surface area (TPSA) is 34.9 Å². The smallest absolute Gasteiger partial charge is 0.256 e. The van der Waals surface area contributed by atoms with Crippen LogP contribution in [0.1, 0.15) is 22.3 Å². The normalized spacial score (nSPS) is 10.8. The van der Waals surface area contributed by atoms with Crippen molar-refractivity contribution < 1.29 is 0 Å². The Hall–Kier alpha value is -3.46. The molecular formula is C26H24N2O. The van der Waals surface area contributed by atoms with Gasteiger partial charge >= 0.3 is 0 Å². The van der Waals surface area contributed by atoms with E-state index in [0.29, 0.717) is 12.1 Å². The first-order chi connectivity index (χ1) is 14.2. The van der Waals surface area contributed by atoms with Crippen LogP contribution in [0.15, 0.2) is 95.9 Å². The van der Waals surface area contributed by atoms with E-state index in [4.69, 9.17) is 0 Å². The number of hydrogen-bond acceptors (Lipinski definition) is 2. The molecule has 0 atom stereocenters. The van der Waals surface area contributed by atoms with Crippen LogP contribution in [0.2, 0.25) is 0 Å². The summed E-state index contributed by atoms with van der Waals surface area (Å²) >= 11 is 0. The number of nitrogens with zero attached hydrogens (tertiary/aromatic N) is 2. The Morgan fingerprint density at radius 1 is 0.793 bits per heavy atom. The highest BCUT2D eigenvalue weighted by Crippen LogP contribution is 2.24. The molecule has 3 nitrogen and oxygen atoms in total. The number of aryl methyl sites for hydroxylation is 2. The molecule has 0 aliphatic carbocycles. The Morgan fingerprint density at radius 2 is 1.41 bits per heavy atom. The van der Waals surface area contributed by atoms with Crippen LogP contribution in [0, 0.1) is 6.92 Å². The third-order valence-corrected chi connectivity index (χ3v) is 5.18. The fourth-order valence-electron chi connectivity index (χ4n) is 3.61. The zero-order valence-electron chi connectivity index (χ0n) is 16.6. The van der Waals surface area contributed by atoms with Gasteiger partial charge in [0.1, 0.15) is 5.82 Å². The van der Waals surface area contributed by atoms with Crippen molar-refractivity contribution in [2.75, 3.05) is 0 Å². The Bertz CT molecular complexity index is 1150. The molecule has 0 spiro atoms. The van der Waals surface area contributed by atoms with Crippen molar-refractivity contribution in [3.63, 3.8) is 0 Å². The van der Waals surface area contributed by atoms with E-state index < -0.39 is 0 Å². The Kier molecular flexibility index (Phi) is 5.66. The highest BCUT2D eigenvalue weighted by atomic mass is 16.1. The third kappa shape index (κ3) is 4.35. The molecule has 1 heterocycles. The number of hydrogen-bond donors (Lipinski definition) is 0. The van der Waals surface area contributed by atoms with Gasteiger partial charge in [-0.15, -0.1) is 0 Å². The summed E-state index contributed by atoms with van der Waals surface area (Å²) in [7, 11) is 0. The Labute approximate surface area is 171 Å². The summed E-state index contributed by atoms with van der Waals surface area (Å²) < 4.78 is 1.83. The standard InChI is InChI=1S/C26H24N2O/c1-20-19-27-25(28(26(20)29)17-16-21-10-4-2-5-11-21)24-15-9-8-14-23(24)18-22-12-6-3-7-13-22/h2-15,19H,16-18H2,1H3. The van der Waals surface area contributed by atoms with Crippen molar-refractivity contribution in [3.8, 4) is 11.4 Å². The minimum absolute atomic E-state index is 0.0282. The van der Waals surface area contributed by atoms with Gasteiger partial charge in [-0.25, -0.2) is 4.98 Å². The van der Waals surface area contributed by atoms with E-state index in [2.05, 4.69) is 53.5 Å². The molecule has 0 aliphatic rings. The molecule has 0 saturated heterocycles. The lowest BCUT2D eigenvalue weighted by atomic mass is 9.99. The van der Waals surface area contributed by atoms with Crippen LogP contribution >= 0.6 is 0 Å². The summed E-state index contributed by atoms with van der Waals surface area (Å²) in [4.78, 5) is 17.7. The fraction of sp³-hybridized carbons (Fsp3) is 0.154. The molecule has 29 heavy (non-hydrogen) atoms. The van der Waals surface area contributed by atoms with Gasteiger partial charge in [0.15, 0.2) is 0 Å². The van der Waals surface area contributed by atoms with Crippen LogP contribution in [0.4, 0.5) is 0 Å². The van der Waals surface area contributed by atoms with Gasteiger partial charge in [-0.3, -0.25) is 9.36 Å². The molecule has 0 radical (unpaired) electrons. The van der Waals surface area contributed by atoms with Crippen molar-refractivity contribution in [1.82, 2.24) is 9.55 Å². The van der Waals surface area contributed by atoms with E-state index in [-0.39, 0.29) is 5.56 Å². The quantitative estimate of drug-likeness (QED) is 0.469. The van der Waals surface area contributed by atoms with Gasteiger partial charge in [0.25, 0.3) is 5.56 Å². The lowest BCUT2D eigenvalue weighted by Gasteiger charge is -2.16. The number of rotatable bonds is 6. The molecule has 144 valence electrons. The summed E-state index contributed by atoms with van der Waals surface area (Å²) in [6, 6.07) is 28.9. The first kappa shape index (κ1) is 18.9. The molecular weight excluding hydrogens is 356 g/mol. The van der Waals surface area contributed by atoms with Gasteiger partial charge < -0.3 is 0 Å². The minimum atomic E-state index is 0.0282. The van der Waals surface area contributed by atoms with Crippen LogP contribution < -0.4 is 5.56 Å². The predicted octanol–water partition coefficient (Wildman–Crippen LogP) is 5.05. The molecule has 3 aromatic carbocycles. The average molecular weight is 380 g/mol. The zero-order valence-corrected chi connectivity index (χ0v) is 16.6. The van der Waals surface area contributed by atoms with Crippen molar-refractivity contribution in [3.05, 3.63) is 124 Å². The number of benzene rings is 3. The second kappa shape index (κ2) is 8.70. The maximum Gasteiger partial charge on any atom is 0.256 e. The molecule has 4 rings (SSSR count). The molecule has 1 aromatic heterocycles. The fourth-order valence-corrected chi connectivity index (χ4v) is 3.61. The van der Waals surface area contributed by atoms with Gasteiger partial charge in [0.2, 0.25) is 0 Å². The maximum atomic E-state index is 13.0. The Balaban J connectivity index is 1.74. The van der Waals surface area contributed by atoms with Gasteiger partial charge in [-0.1, -0.05) is 84.9 Å². The van der Waals surface area contributed by atoms with E-state index in [1.54, 1.807) is 6.20 Å². The number of aromatic nitrogens is 2. The van der Waals surface area contributed by atoms with Crippen molar-refractivity contribution in [2.45, 2.75) is 26.3 Å². The van der Waals surface area contributed by atoms with E-state index in [1.807, 2.05) is 47.9 Å². The molecule has 0 saturated carbocycles. The molecule has 0 aliphatic heterocycles.